The Hall–Kier alpha value is -8.80. The Morgan fingerprint density at radius 1 is 0.265 bits per heavy atom. The van der Waals surface area contributed by atoms with Gasteiger partial charge >= 0.3 is 498 Å². The second kappa shape index (κ2) is 24.0. The minimum atomic E-state index is -2.51. The number of fused-ring (bicyclic) bond motifs is 4. The summed E-state index contributed by atoms with van der Waals surface area (Å²) in [5.74, 6) is 0. The molecule has 0 aromatic heterocycles. The second-order valence-electron chi connectivity index (χ2n) is 20.7. The molecule has 399 valence electrons. The number of hydrogen-bond acceptors (Lipinski definition) is 2. The zero-order chi connectivity index (χ0) is 55.3. The maximum atomic E-state index is 3.89. The average Bonchev–Trinajstić information content (AvgIpc) is 3.75. The maximum absolute atomic E-state index is 3.89. The van der Waals surface area contributed by atoms with Gasteiger partial charge in [-0.2, -0.15) is 0 Å². The van der Waals surface area contributed by atoms with Gasteiger partial charge in [0.25, 0.3) is 0 Å². The molecule has 0 heterocycles. The molecule has 0 saturated heterocycles. The molecule has 0 aliphatic rings. The molecule has 14 aromatic rings. The molecule has 0 unspecified atom stereocenters. The van der Waals surface area contributed by atoms with Crippen molar-refractivity contribution in [2.75, 3.05) is 22.0 Å². The molecule has 0 bridgehead atoms. The monoisotopic (exact) mass is 1190 g/mol. The SMILES string of the molecule is c1ccc(NCC[N](c2ccccc2)[Ru]([P](c2ccc(-c3cccc4ccccc34)cc2)c2ccc(-c3cccc4ccccc34)cc2)[P](c2ccc(-c3cccc4ccccc34)cc2)c2ccc(-c3cccc4ccccc34)cc2)cc1. The summed E-state index contributed by atoms with van der Waals surface area (Å²) in [4.78, 5) is 0. The third kappa shape index (κ3) is 10.8. The first-order valence-corrected chi connectivity index (χ1v) is 36.3. The molecule has 0 atom stereocenters. The van der Waals surface area contributed by atoms with E-state index in [1.54, 1.807) is 0 Å². The van der Waals surface area contributed by atoms with E-state index in [0.29, 0.717) is 0 Å². The van der Waals surface area contributed by atoms with Crippen LogP contribution < -0.4 is 30.2 Å². The summed E-state index contributed by atoms with van der Waals surface area (Å²) in [6.07, 6.45) is -2.09. The summed E-state index contributed by atoms with van der Waals surface area (Å²) in [5, 5.41) is 19.5. The van der Waals surface area contributed by atoms with Crippen LogP contribution in [0.2, 0.25) is 0 Å². The van der Waals surface area contributed by atoms with E-state index >= 15 is 0 Å². The van der Waals surface area contributed by atoms with E-state index in [0.717, 1.165) is 18.8 Å². The van der Waals surface area contributed by atoms with Gasteiger partial charge in [0.2, 0.25) is 0 Å². The molecule has 0 radical (unpaired) electrons. The van der Waals surface area contributed by atoms with Crippen molar-refractivity contribution in [2.24, 2.45) is 0 Å². The van der Waals surface area contributed by atoms with Crippen molar-refractivity contribution >= 4 is 88.2 Å². The number of anilines is 2. The van der Waals surface area contributed by atoms with Gasteiger partial charge in [0.1, 0.15) is 0 Å². The van der Waals surface area contributed by atoms with Crippen LogP contribution in [0.3, 0.4) is 0 Å². The van der Waals surface area contributed by atoms with Crippen molar-refractivity contribution in [1.82, 2.24) is 0 Å². The number of nitrogens with one attached hydrogen (secondary N) is 1. The van der Waals surface area contributed by atoms with Crippen LogP contribution in [0.5, 0.6) is 0 Å². The van der Waals surface area contributed by atoms with Crippen LogP contribution in [0.4, 0.5) is 11.4 Å². The van der Waals surface area contributed by atoms with Crippen molar-refractivity contribution in [3.63, 3.8) is 0 Å². The summed E-state index contributed by atoms with van der Waals surface area (Å²) in [6, 6.07) is 123. The molecule has 0 amide bonds. The molecule has 2 nitrogen and oxygen atoms in total. The summed E-state index contributed by atoms with van der Waals surface area (Å²) >= 11 is -2.51. The Morgan fingerprint density at radius 3 is 0.867 bits per heavy atom. The predicted molar refractivity (Wildman–Crippen MR) is 359 cm³/mol. The number of hydrogen-bond donors (Lipinski definition) is 1. The molecule has 83 heavy (non-hydrogen) atoms. The second-order valence-corrected chi connectivity index (χ2v) is 35.6. The summed E-state index contributed by atoms with van der Waals surface area (Å²) < 4.78 is 2.92. The fourth-order valence-corrected chi connectivity index (χ4v) is 37.7. The van der Waals surface area contributed by atoms with Crippen molar-refractivity contribution < 1.29 is 15.2 Å². The molecule has 1 N–H and O–H groups in total. The first-order chi connectivity index (χ1) is 41.2. The number of benzene rings is 14. The minimum absolute atomic E-state index is 0.774. The van der Waals surface area contributed by atoms with E-state index in [1.165, 1.54) is 115 Å². The Kier molecular flexibility index (Phi) is 15.1. The van der Waals surface area contributed by atoms with Gasteiger partial charge in [-0.3, -0.25) is 0 Å². The molecule has 0 aliphatic carbocycles. The fraction of sp³-hybridized carbons (Fsp3) is 0.0256. The fourth-order valence-electron chi connectivity index (χ4n) is 11.6. The summed E-state index contributed by atoms with van der Waals surface area (Å²) in [5.41, 5.74) is 12.3. The zero-order valence-electron chi connectivity index (χ0n) is 45.8. The van der Waals surface area contributed by atoms with Crippen molar-refractivity contribution in [3.8, 4) is 44.5 Å². The van der Waals surface area contributed by atoms with Crippen molar-refractivity contribution in [3.05, 3.63) is 328 Å². The topological polar surface area (TPSA) is 15.3 Å². The van der Waals surface area contributed by atoms with Crippen LogP contribution >= 0.6 is 12.5 Å². The van der Waals surface area contributed by atoms with Crippen LogP contribution in [-0.2, 0) is 15.2 Å². The van der Waals surface area contributed by atoms with Gasteiger partial charge in [0.15, 0.2) is 0 Å². The van der Waals surface area contributed by atoms with E-state index in [1.807, 2.05) is 0 Å². The Labute approximate surface area is 494 Å². The molecule has 0 fully saturated rings. The normalized spacial score (nSPS) is 11.7. The molecule has 14 rings (SSSR count). The van der Waals surface area contributed by atoms with Crippen LogP contribution in [-0.4, -0.2) is 13.1 Å². The quantitative estimate of drug-likeness (QED) is 0.0766. The first kappa shape index (κ1) is 52.3. The van der Waals surface area contributed by atoms with E-state index in [2.05, 4.69) is 337 Å². The van der Waals surface area contributed by atoms with Crippen molar-refractivity contribution in [1.29, 1.82) is 0 Å². The third-order valence-corrected chi connectivity index (χ3v) is 37.4. The standard InChI is InChI=1S/2C32H22P.C14H15N2.Ru/c2*1-3-11-29-23(7-1)9-5-13-31(29)25-15-19-27(20-16-25)33-28-21-17-26(18-22-28)32-14-6-10-24-8-2-4-12-30(24)32;1-3-7-13(8-4-1)15-11-12-16-14-9-5-2-6-10-14;/h2*1-22H;1-10,15H,11-12H2;/q3*-1;+3. The Bertz CT molecular complexity index is 4020. The van der Waals surface area contributed by atoms with Gasteiger partial charge in [-0.1, -0.05) is 0 Å². The molecule has 14 aromatic carbocycles. The molecular formula is C78H59N2P2Ru. The van der Waals surface area contributed by atoms with Gasteiger partial charge in [-0.25, -0.2) is 0 Å². The van der Waals surface area contributed by atoms with Gasteiger partial charge in [-0.15, -0.1) is 0 Å². The number of rotatable bonds is 16. The molecule has 0 aliphatic heterocycles. The van der Waals surface area contributed by atoms with E-state index in [4.69, 9.17) is 0 Å². The molecule has 0 spiro atoms. The third-order valence-electron chi connectivity index (χ3n) is 15.6. The van der Waals surface area contributed by atoms with E-state index in [-0.39, 0.29) is 0 Å². The Balaban J connectivity index is 1.00. The van der Waals surface area contributed by atoms with E-state index < -0.39 is 27.7 Å². The predicted octanol–water partition coefficient (Wildman–Crippen LogP) is 19.5. The van der Waals surface area contributed by atoms with Gasteiger partial charge in [-0.05, 0) is 0 Å². The van der Waals surface area contributed by atoms with Gasteiger partial charge in [0, 0.05) is 0 Å². The van der Waals surface area contributed by atoms with Crippen LogP contribution in [0.1, 0.15) is 0 Å². The summed E-state index contributed by atoms with van der Waals surface area (Å²) in [7, 11) is 0. The molecular weight excluding hydrogens is 1130 g/mol. The number of nitrogens with zero attached hydrogens (tertiary/aromatic N) is 1. The number of para-hydroxylation sites is 2. The van der Waals surface area contributed by atoms with Crippen LogP contribution in [0.25, 0.3) is 87.6 Å². The van der Waals surface area contributed by atoms with Crippen LogP contribution in [0, 0.1) is 0 Å². The van der Waals surface area contributed by atoms with Crippen molar-refractivity contribution in [2.45, 2.75) is 0 Å². The molecule has 5 heteroatoms. The summed E-state index contributed by atoms with van der Waals surface area (Å²) in [6.45, 7) is 1.59. The van der Waals surface area contributed by atoms with Gasteiger partial charge < -0.3 is 0 Å². The average molecular weight is 1190 g/mol. The zero-order valence-corrected chi connectivity index (χ0v) is 49.3. The molecule has 0 saturated carbocycles. The van der Waals surface area contributed by atoms with E-state index in [9.17, 15) is 0 Å². The van der Waals surface area contributed by atoms with Crippen LogP contribution in [0.15, 0.2) is 328 Å². The Morgan fingerprint density at radius 2 is 0.542 bits per heavy atom. The van der Waals surface area contributed by atoms with Gasteiger partial charge in [0.05, 0.1) is 0 Å². The first-order valence-electron chi connectivity index (χ1n) is 28.4.